The zero-order chi connectivity index (χ0) is 16.3. The van der Waals surface area contributed by atoms with Crippen molar-refractivity contribution < 1.29 is 13.2 Å². The van der Waals surface area contributed by atoms with E-state index in [1.807, 2.05) is 13.8 Å². The standard InChI is InChI=1S/C16H19F3N3/c1-4-21-15-11(2)14(9-10-22(15)20-3)12-5-7-13(8-6-12)16(17,18)19/h3,5-8,11,14H,4,9-10H2,1-2H3/q+1. The number of benzene rings is 1. The second-order valence-corrected chi connectivity index (χ2v) is 5.37. The summed E-state index contributed by atoms with van der Waals surface area (Å²) in [4.78, 5) is 8.16. The number of amidine groups is 1. The van der Waals surface area contributed by atoms with Crippen molar-refractivity contribution in [1.82, 2.24) is 5.01 Å². The van der Waals surface area contributed by atoms with Crippen LogP contribution in [0.2, 0.25) is 0 Å². The molecule has 0 saturated carbocycles. The van der Waals surface area contributed by atoms with Gasteiger partial charge in [0.1, 0.15) is 0 Å². The summed E-state index contributed by atoms with van der Waals surface area (Å²) in [5.74, 6) is 0.962. The lowest BCUT2D eigenvalue weighted by molar-refractivity contribution is -0.137. The van der Waals surface area contributed by atoms with Crippen LogP contribution in [0.15, 0.2) is 29.3 Å². The average molecular weight is 310 g/mol. The molecule has 118 valence electrons. The largest absolute Gasteiger partial charge is 0.416 e. The van der Waals surface area contributed by atoms with Gasteiger partial charge in [0.05, 0.1) is 17.1 Å². The fraction of sp³-hybridized carbons (Fsp3) is 0.500. The van der Waals surface area contributed by atoms with Crippen LogP contribution < -0.4 is 0 Å². The molecule has 1 aliphatic heterocycles. The molecule has 1 aliphatic rings. The van der Waals surface area contributed by atoms with Crippen LogP contribution in [0.5, 0.6) is 0 Å². The third-order valence-corrected chi connectivity index (χ3v) is 4.05. The van der Waals surface area contributed by atoms with Crippen molar-refractivity contribution in [2.24, 2.45) is 10.9 Å². The maximum Gasteiger partial charge on any atom is 0.416 e. The molecule has 2 rings (SSSR count). The van der Waals surface area contributed by atoms with Crippen LogP contribution in [-0.4, -0.2) is 23.9 Å². The van der Waals surface area contributed by atoms with Crippen LogP contribution in [0.4, 0.5) is 13.2 Å². The molecule has 1 aromatic rings. The van der Waals surface area contributed by atoms with E-state index in [0.717, 1.165) is 30.0 Å². The molecule has 2 unspecified atom stereocenters. The van der Waals surface area contributed by atoms with Gasteiger partial charge >= 0.3 is 12.7 Å². The van der Waals surface area contributed by atoms with Gasteiger partial charge in [-0.05, 0) is 42.0 Å². The van der Waals surface area contributed by atoms with E-state index in [-0.39, 0.29) is 11.8 Å². The zero-order valence-corrected chi connectivity index (χ0v) is 12.6. The minimum Gasteiger partial charge on any atom is -0.267 e. The first-order valence-electron chi connectivity index (χ1n) is 7.28. The predicted octanol–water partition coefficient (Wildman–Crippen LogP) is 4.43. The van der Waals surface area contributed by atoms with Crippen LogP contribution in [-0.2, 0) is 6.18 Å². The molecule has 0 spiro atoms. The van der Waals surface area contributed by atoms with Gasteiger partial charge in [0.2, 0.25) is 0 Å². The lowest BCUT2D eigenvalue weighted by Crippen LogP contribution is -2.40. The number of hydrogen-bond donors (Lipinski definition) is 0. The van der Waals surface area contributed by atoms with Crippen molar-refractivity contribution in [3.63, 3.8) is 0 Å². The minimum absolute atomic E-state index is 0.0535. The Morgan fingerprint density at radius 2 is 1.95 bits per heavy atom. The number of aliphatic imine (C=N–C) groups is 1. The summed E-state index contributed by atoms with van der Waals surface area (Å²) in [6.07, 6.45) is -3.53. The van der Waals surface area contributed by atoms with Crippen molar-refractivity contribution in [2.75, 3.05) is 13.1 Å². The predicted molar refractivity (Wildman–Crippen MR) is 81.0 cm³/mol. The first-order chi connectivity index (χ1) is 10.4. The molecule has 0 N–H and O–H groups in total. The number of alkyl halides is 3. The maximum atomic E-state index is 12.6. The molecule has 0 amide bonds. The van der Waals surface area contributed by atoms with Crippen LogP contribution in [0.25, 0.3) is 4.95 Å². The Morgan fingerprint density at radius 1 is 1.32 bits per heavy atom. The SMILES string of the molecule is C#[N+]N1CCC(c2ccc(C(F)(F)F)cc2)C(C)C1=NCC. The van der Waals surface area contributed by atoms with Crippen molar-refractivity contribution in [3.05, 3.63) is 40.3 Å². The number of hydrogen-bond acceptors (Lipinski definition) is 1. The van der Waals surface area contributed by atoms with E-state index in [1.54, 1.807) is 17.1 Å². The summed E-state index contributed by atoms with van der Waals surface area (Å²) in [5.41, 5.74) is 0.265. The van der Waals surface area contributed by atoms with Crippen molar-refractivity contribution >= 4 is 5.84 Å². The van der Waals surface area contributed by atoms with Gasteiger partial charge in [0, 0.05) is 12.5 Å². The molecular formula is C16H19F3N3+. The molecule has 1 heterocycles. The number of nitrogens with zero attached hydrogens (tertiary/aromatic N) is 3. The summed E-state index contributed by atoms with van der Waals surface area (Å²) < 4.78 is 37.9. The molecule has 0 aromatic heterocycles. The van der Waals surface area contributed by atoms with Gasteiger partial charge in [-0.2, -0.15) is 13.2 Å². The smallest absolute Gasteiger partial charge is 0.267 e. The number of rotatable bonds is 2. The van der Waals surface area contributed by atoms with Gasteiger partial charge in [-0.1, -0.05) is 19.1 Å². The van der Waals surface area contributed by atoms with Gasteiger partial charge < -0.3 is 0 Å². The van der Waals surface area contributed by atoms with E-state index < -0.39 is 11.7 Å². The highest BCUT2D eigenvalue weighted by molar-refractivity contribution is 5.86. The monoisotopic (exact) mass is 310 g/mol. The maximum absolute atomic E-state index is 12.6. The first kappa shape index (κ1) is 16.3. The van der Waals surface area contributed by atoms with Crippen LogP contribution in [0, 0.1) is 12.5 Å². The molecule has 6 heteroatoms. The van der Waals surface area contributed by atoms with E-state index in [4.69, 9.17) is 6.57 Å². The topological polar surface area (TPSA) is 20.0 Å². The zero-order valence-electron chi connectivity index (χ0n) is 12.6. The summed E-state index contributed by atoms with van der Waals surface area (Å²) in [6, 6.07) is 5.39. The van der Waals surface area contributed by atoms with Gasteiger partial charge in [-0.3, -0.25) is 4.99 Å². The summed E-state index contributed by atoms with van der Waals surface area (Å²) in [5, 5.41) is 1.68. The van der Waals surface area contributed by atoms with Crippen molar-refractivity contribution in [3.8, 4) is 6.57 Å². The molecule has 2 atom stereocenters. The van der Waals surface area contributed by atoms with Gasteiger partial charge in [-0.25, -0.2) is 0 Å². The Balaban J connectivity index is 2.26. The first-order valence-corrected chi connectivity index (χ1v) is 7.28. The van der Waals surface area contributed by atoms with E-state index >= 15 is 0 Å². The molecule has 22 heavy (non-hydrogen) atoms. The summed E-state index contributed by atoms with van der Waals surface area (Å²) in [7, 11) is 0. The Morgan fingerprint density at radius 3 is 2.45 bits per heavy atom. The molecule has 0 aliphatic carbocycles. The molecule has 0 bridgehead atoms. The van der Waals surface area contributed by atoms with Gasteiger partial charge in [0.25, 0.3) is 0 Å². The van der Waals surface area contributed by atoms with Crippen LogP contribution in [0.3, 0.4) is 0 Å². The molecule has 1 fully saturated rings. The van der Waals surface area contributed by atoms with E-state index in [0.29, 0.717) is 13.1 Å². The van der Waals surface area contributed by atoms with Gasteiger partial charge in [0.15, 0.2) is 5.84 Å². The quantitative estimate of drug-likeness (QED) is 0.791. The number of piperidine rings is 1. The Hall–Kier alpha value is -2.03. The highest BCUT2D eigenvalue weighted by Crippen LogP contribution is 2.36. The highest BCUT2D eigenvalue weighted by Gasteiger charge is 2.37. The van der Waals surface area contributed by atoms with Crippen LogP contribution >= 0.6 is 0 Å². The lowest BCUT2D eigenvalue weighted by atomic mass is 9.81. The van der Waals surface area contributed by atoms with Gasteiger partial charge in [-0.15, -0.1) is 0 Å². The Kier molecular flexibility index (Phi) is 4.74. The fourth-order valence-corrected chi connectivity index (χ4v) is 2.92. The Bertz CT molecular complexity index is 584. The average Bonchev–Trinajstić information content (AvgIpc) is 2.48. The fourth-order valence-electron chi connectivity index (χ4n) is 2.92. The third kappa shape index (κ3) is 3.24. The van der Waals surface area contributed by atoms with E-state index in [2.05, 4.69) is 9.95 Å². The highest BCUT2D eigenvalue weighted by atomic mass is 19.4. The Labute approximate surface area is 128 Å². The molecule has 3 nitrogen and oxygen atoms in total. The molecule has 0 radical (unpaired) electrons. The lowest BCUT2D eigenvalue weighted by Gasteiger charge is -2.31. The minimum atomic E-state index is -4.30. The molecule has 1 saturated heterocycles. The van der Waals surface area contributed by atoms with E-state index in [9.17, 15) is 13.2 Å². The second kappa shape index (κ2) is 6.39. The van der Waals surface area contributed by atoms with Crippen LogP contribution in [0.1, 0.15) is 37.3 Å². The third-order valence-electron chi connectivity index (χ3n) is 4.05. The van der Waals surface area contributed by atoms with Crippen molar-refractivity contribution in [1.29, 1.82) is 0 Å². The summed E-state index contributed by atoms with van der Waals surface area (Å²) >= 11 is 0. The van der Waals surface area contributed by atoms with Crippen molar-refractivity contribution in [2.45, 2.75) is 32.4 Å². The summed E-state index contributed by atoms with van der Waals surface area (Å²) in [6.45, 7) is 10.6. The van der Waals surface area contributed by atoms with E-state index in [1.165, 1.54) is 0 Å². The number of halogens is 3. The molecule has 1 aromatic carbocycles. The molecular weight excluding hydrogens is 291 g/mol. The normalized spacial score (nSPS) is 24.4. The second-order valence-electron chi connectivity index (χ2n) is 5.37.